The first kappa shape index (κ1) is 10.9. The van der Waals surface area contributed by atoms with Crippen molar-refractivity contribution in [2.24, 2.45) is 0 Å². The molecule has 90 valence electrons. The van der Waals surface area contributed by atoms with E-state index in [1.807, 2.05) is 6.07 Å². The molecule has 0 aliphatic heterocycles. The fourth-order valence-corrected chi connectivity index (χ4v) is 2.38. The number of phenolic OH excluding ortho intramolecular Hbond substituents is 1. The summed E-state index contributed by atoms with van der Waals surface area (Å²) in [4.78, 5) is 0. The summed E-state index contributed by atoms with van der Waals surface area (Å²) in [6.45, 7) is 4.17. The molecule has 0 aliphatic rings. The first-order chi connectivity index (χ1) is 8.65. The number of fused-ring (bicyclic) bond motifs is 1. The lowest BCUT2D eigenvalue weighted by Crippen LogP contribution is -1.95. The topological polar surface area (TPSA) is 25.2 Å². The molecule has 1 N–H and O–H groups in total. The van der Waals surface area contributed by atoms with E-state index in [9.17, 15) is 5.11 Å². The van der Waals surface area contributed by atoms with E-state index in [1.165, 1.54) is 11.3 Å². The maximum Gasteiger partial charge on any atom is 0.116 e. The molecule has 0 aliphatic carbocycles. The summed E-state index contributed by atoms with van der Waals surface area (Å²) in [5.74, 6) is 0.309. The second-order valence-electron chi connectivity index (χ2n) is 4.70. The van der Waals surface area contributed by atoms with E-state index in [4.69, 9.17) is 0 Å². The Bertz CT molecular complexity index is 708. The summed E-state index contributed by atoms with van der Waals surface area (Å²) in [5, 5.41) is 10.6. The van der Waals surface area contributed by atoms with Crippen molar-refractivity contribution >= 4 is 10.9 Å². The van der Waals surface area contributed by atoms with Gasteiger partial charge in [-0.25, -0.2) is 0 Å². The summed E-state index contributed by atoms with van der Waals surface area (Å²) >= 11 is 0. The van der Waals surface area contributed by atoms with Gasteiger partial charge in [0.2, 0.25) is 0 Å². The van der Waals surface area contributed by atoms with E-state index in [0.717, 1.165) is 16.6 Å². The Hall–Kier alpha value is -2.22. The van der Waals surface area contributed by atoms with Crippen molar-refractivity contribution in [2.75, 3.05) is 0 Å². The van der Waals surface area contributed by atoms with Gasteiger partial charge in [-0.1, -0.05) is 17.7 Å². The summed E-state index contributed by atoms with van der Waals surface area (Å²) in [6.07, 6.45) is 0. The SMILES string of the molecule is Cc1ccc(-n2c(C)cc3cc(O)ccc32)cc1. The second-order valence-corrected chi connectivity index (χ2v) is 4.70. The molecule has 3 aromatic rings. The van der Waals surface area contributed by atoms with E-state index in [2.05, 4.69) is 48.7 Å². The lowest BCUT2D eigenvalue weighted by Gasteiger charge is -2.08. The maximum atomic E-state index is 9.53. The Balaban J connectivity index is 2.28. The van der Waals surface area contributed by atoms with Gasteiger partial charge < -0.3 is 9.67 Å². The van der Waals surface area contributed by atoms with Crippen LogP contribution < -0.4 is 0 Å². The van der Waals surface area contributed by atoms with Crippen molar-refractivity contribution < 1.29 is 5.11 Å². The number of benzene rings is 2. The fraction of sp³-hybridized carbons (Fsp3) is 0.125. The molecule has 18 heavy (non-hydrogen) atoms. The number of hydrogen-bond donors (Lipinski definition) is 1. The molecule has 0 radical (unpaired) electrons. The van der Waals surface area contributed by atoms with E-state index < -0.39 is 0 Å². The largest absolute Gasteiger partial charge is 0.508 e. The molecule has 2 aromatic carbocycles. The van der Waals surface area contributed by atoms with Crippen molar-refractivity contribution in [1.29, 1.82) is 0 Å². The van der Waals surface area contributed by atoms with Gasteiger partial charge in [0, 0.05) is 16.8 Å². The molecule has 0 saturated carbocycles. The van der Waals surface area contributed by atoms with Crippen LogP contribution in [0.25, 0.3) is 16.6 Å². The normalized spacial score (nSPS) is 11.0. The van der Waals surface area contributed by atoms with E-state index in [-0.39, 0.29) is 0 Å². The highest BCUT2D eigenvalue weighted by molar-refractivity contribution is 5.84. The van der Waals surface area contributed by atoms with Crippen LogP contribution in [-0.4, -0.2) is 9.67 Å². The van der Waals surface area contributed by atoms with Crippen LogP contribution in [0.3, 0.4) is 0 Å². The van der Waals surface area contributed by atoms with Gasteiger partial charge in [0.05, 0.1) is 5.52 Å². The summed E-state index contributed by atoms with van der Waals surface area (Å²) < 4.78 is 2.20. The van der Waals surface area contributed by atoms with Gasteiger partial charge >= 0.3 is 0 Å². The Morgan fingerprint density at radius 3 is 2.33 bits per heavy atom. The fourth-order valence-electron chi connectivity index (χ4n) is 2.38. The lowest BCUT2D eigenvalue weighted by atomic mass is 10.2. The molecule has 1 aromatic heterocycles. The number of hydrogen-bond acceptors (Lipinski definition) is 1. The van der Waals surface area contributed by atoms with Crippen LogP contribution in [0.4, 0.5) is 0 Å². The monoisotopic (exact) mass is 237 g/mol. The van der Waals surface area contributed by atoms with Crippen LogP contribution in [0, 0.1) is 13.8 Å². The zero-order chi connectivity index (χ0) is 12.7. The third kappa shape index (κ3) is 1.66. The quantitative estimate of drug-likeness (QED) is 0.681. The minimum Gasteiger partial charge on any atom is -0.508 e. The van der Waals surface area contributed by atoms with Crippen LogP contribution >= 0.6 is 0 Å². The molecular formula is C16H15NO. The van der Waals surface area contributed by atoms with Gasteiger partial charge in [-0.15, -0.1) is 0 Å². The number of nitrogens with zero attached hydrogens (tertiary/aromatic N) is 1. The molecule has 2 nitrogen and oxygen atoms in total. The van der Waals surface area contributed by atoms with Gasteiger partial charge in [-0.2, -0.15) is 0 Å². The highest BCUT2D eigenvalue weighted by Crippen LogP contribution is 2.26. The van der Waals surface area contributed by atoms with Crippen LogP contribution in [-0.2, 0) is 0 Å². The molecule has 0 bridgehead atoms. The minimum atomic E-state index is 0.309. The molecule has 2 heteroatoms. The molecule has 3 rings (SSSR count). The molecule has 0 unspecified atom stereocenters. The lowest BCUT2D eigenvalue weighted by molar-refractivity contribution is 0.476. The van der Waals surface area contributed by atoms with Crippen molar-refractivity contribution in [1.82, 2.24) is 4.57 Å². The van der Waals surface area contributed by atoms with E-state index in [0.29, 0.717) is 5.75 Å². The first-order valence-corrected chi connectivity index (χ1v) is 6.03. The number of aromatic nitrogens is 1. The minimum absolute atomic E-state index is 0.309. The van der Waals surface area contributed by atoms with E-state index >= 15 is 0 Å². The van der Waals surface area contributed by atoms with Gasteiger partial charge in [-0.05, 0) is 50.2 Å². The van der Waals surface area contributed by atoms with Crippen molar-refractivity contribution in [3.05, 3.63) is 59.8 Å². The first-order valence-electron chi connectivity index (χ1n) is 6.03. The second kappa shape index (κ2) is 3.91. The molecule has 0 fully saturated rings. The van der Waals surface area contributed by atoms with Gasteiger partial charge in [0.25, 0.3) is 0 Å². The van der Waals surface area contributed by atoms with Gasteiger partial charge in [0.15, 0.2) is 0 Å². The predicted molar refractivity (Wildman–Crippen MR) is 74.4 cm³/mol. The standard InChI is InChI=1S/C16H15NO/c1-11-3-5-14(6-4-11)17-12(2)9-13-10-15(18)7-8-16(13)17/h3-10,18H,1-2H3. The summed E-state index contributed by atoms with van der Waals surface area (Å²) in [5.41, 5.74) is 4.69. The third-order valence-electron chi connectivity index (χ3n) is 3.26. The molecule has 0 spiro atoms. The Kier molecular flexibility index (Phi) is 2.37. The van der Waals surface area contributed by atoms with Gasteiger partial charge in [0.1, 0.15) is 5.75 Å². The Morgan fingerprint density at radius 1 is 0.889 bits per heavy atom. The number of aryl methyl sites for hydroxylation is 2. The molecule has 1 heterocycles. The van der Waals surface area contributed by atoms with Crippen molar-refractivity contribution in [3.63, 3.8) is 0 Å². The zero-order valence-corrected chi connectivity index (χ0v) is 10.5. The van der Waals surface area contributed by atoms with E-state index in [1.54, 1.807) is 12.1 Å². The van der Waals surface area contributed by atoms with Crippen LogP contribution in [0.5, 0.6) is 5.75 Å². The average Bonchev–Trinajstić information content (AvgIpc) is 2.65. The number of rotatable bonds is 1. The van der Waals surface area contributed by atoms with Crippen LogP contribution in [0.15, 0.2) is 48.5 Å². The van der Waals surface area contributed by atoms with Crippen LogP contribution in [0.1, 0.15) is 11.3 Å². The smallest absolute Gasteiger partial charge is 0.116 e. The zero-order valence-electron chi connectivity index (χ0n) is 10.5. The average molecular weight is 237 g/mol. The van der Waals surface area contributed by atoms with Crippen molar-refractivity contribution in [3.8, 4) is 11.4 Å². The number of aromatic hydroxyl groups is 1. The molecule has 0 amide bonds. The molecular weight excluding hydrogens is 222 g/mol. The predicted octanol–water partition coefficient (Wildman–Crippen LogP) is 3.95. The Labute approximate surface area is 106 Å². The third-order valence-corrected chi connectivity index (χ3v) is 3.26. The summed E-state index contributed by atoms with van der Waals surface area (Å²) in [7, 11) is 0. The Morgan fingerprint density at radius 2 is 1.61 bits per heavy atom. The highest BCUT2D eigenvalue weighted by Gasteiger charge is 2.07. The molecule has 0 atom stereocenters. The highest BCUT2D eigenvalue weighted by atomic mass is 16.3. The van der Waals surface area contributed by atoms with Crippen LogP contribution in [0.2, 0.25) is 0 Å². The summed E-state index contributed by atoms with van der Waals surface area (Å²) in [6, 6.07) is 16.0. The maximum absolute atomic E-state index is 9.53. The van der Waals surface area contributed by atoms with Crippen molar-refractivity contribution in [2.45, 2.75) is 13.8 Å². The molecule has 0 saturated heterocycles. The van der Waals surface area contributed by atoms with Gasteiger partial charge in [-0.3, -0.25) is 0 Å². The number of phenols is 1.